The smallest absolute Gasteiger partial charge is 0.185 e. The molecule has 0 aliphatic rings. The van der Waals surface area contributed by atoms with Crippen molar-refractivity contribution < 1.29 is 4.79 Å². The first-order valence-electron chi connectivity index (χ1n) is 6.09. The molecule has 2 aromatic rings. The molecule has 0 N–H and O–H groups in total. The van der Waals surface area contributed by atoms with Gasteiger partial charge in [-0.3, -0.25) is 4.79 Å². The fourth-order valence-electron chi connectivity index (χ4n) is 1.95. The summed E-state index contributed by atoms with van der Waals surface area (Å²) in [6.07, 6.45) is 0. The first kappa shape index (κ1) is 16.0. The second-order valence-electron chi connectivity index (χ2n) is 4.58. The number of nitriles is 1. The lowest BCUT2D eigenvalue weighted by molar-refractivity contribution is 0.0978. The van der Waals surface area contributed by atoms with Gasteiger partial charge in [0.25, 0.3) is 0 Å². The SMILES string of the molecule is Cc1ccc(C(=O)C(C#N)c2ccc(Cl)c(Cl)c2)c(Br)c1. The Bertz CT molecular complexity index is 752. The van der Waals surface area contributed by atoms with Gasteiger partial charge in [0.1, 0.15) is 5.92 Å². The van der Waals surface area contributed by atoms with E-state index in [9.17, 15) is 10.1 Å². The molecular formula is C16H10BrCl2NO. The van der Waals surface area contributed by atoms with Gasteiger partial charge in [-0.05, 0) is 42.3 Å². The molecule has 21 heavy (non-hydrogen) atoms. The maximum atomic E-state index is 12.6. The minimum absolute atomic E-state index is 0.275. The van der Waals surface area contributed by atoms with E-state index in [4.69, 9.17) is 23.2 Å². The molecule has 2 aromatic carbocycles. The summed E-state index contributed by atoms with van der Waals surface area (Å²) >= 11 is 15.2. The summed E-state index contributed by atoms with van der Waals surface area (Å²) < 4.78 is 0.674. The van der Waals surface area contributed by atoms with Crippen LogP contribution in [0.15, 0.2) is 40.9 Å². The van der Waals surface area contributed by atoms with Gasteiger partial charge in [-0.25, -0.2) is 0 Å². The Balaban J connectivity index is 2.43. The number of aryl methyl sites for hydroxylation is 1. The molecule has 0 saturated heterocycles. The summed E-state index contributed by atoms with van der Waals surface area (Å²) in [5, 5.41) is 10.1. The van der Waals surface area contributed by atoms with Crippen molar-refractivity contribution in [3.8, 4) is 6.07 Å². The van der Waals surface area contributed by atoms with Gasteiger partial charge in [0.15, 0.2) is 5.78 Å². The highest BCUT2D eigenvalue weighted by Crippen LogP contribution is 2.30. The van der Waals surface area contributed by atoms with Gasteiger partial charge in [0, 0.05) is 10.0 Å². The summed E-state index contributed by atoms with van der Waals surface area (Å²) in [4.78, 5) is 12.6. The number of carbonyl (C=O) groups excluding carboxylic acids is 1. The summed E-state index contributed by atoms with van der Waals surface area (Å²) in [5.41, 5.74) is 2.03. The summed E-state index contributed by atoms with van der Waals surface area (Å²) in [6.45, 7) is 1.93. The topological polar surface area (TPSA) is 40.9 Å². The molecule has 0 aromatic heterocycles. The lowest BCUT2D eigenvalue weighted by Crippen LogP contribution is -2.12. The summed E-state index contributed by atoms with van der Waals surface area (Å²) in [5.74, 6) is -1.19. The molecule has 0 bridgehead atoms. The highest BCUT2D eigenvalue weighted by atomic mass is 79.9. The zero-order valence-corrected chi connectivity index (χ0v) is 14.1. The third-order valence-corrected chi connectivity index (χ3v) is 4.45. The second kappa shape index (κ2) is 6.62. The van der Waals surface area contributed by atoms with Gasteiger partial charge >= 0.3 is 0 Å². The number of benzene rings is 2. The molecule has 1 unspecified atom stereocenters. The Kier molecular flexibility index (Phi) is 5.05. The van der Waals surface area contributed by atoms with E-state index in [-0.39, 0.29) is 5.78 Å². The first-order valence-corrected chi connectivity index (χ1v) is 7.64. The second-order valence-corrected chi connectivity index (χ2v) is 6.25. The number of ketones is 1. The number of nitrogens with zero attached hydrogens (tertiary/aromatic N) is 1. The predicted octanol–water partition coefficient (Wildman–Crippen LogP) is 5.55. The van der Waals surface area contributed by atoms with E-state index in [0.29, 0.717) is 25.6 Å². The van der Waals surface area contributed by atoms with E-state index in [0.717, 1.165) is 5.56 Å². The molecule has 106 valence electrons. The van der Waals surface area contributed by atoms with Crippen LogP contribution < -0.4 is 0 Å². The molecule has 0 aliphatic heterocycles. The maximum absolute atomic E-state index is 12.6. The van der Waals surface area contributed by atoms with Crippen LogP contribution in [-0.2, 0) is 0 Å². The molecule has 1 atom stereocenters. The van der Waals surface area contributed by atoms with E-state index in [1.165, 1.54) is 0 Å². The molecule has 2 rings (SSSR count). The standard InChI is InChI=1S/C16H10BrCl2NO/c1-9-2-4-11(13(17)6-9)16(21)12(8-20)10-3-5-14(18)15(19)7-10/h2-7,12H,1H3. The molecule has 0 spiro atoms. The third kappa shape index (κ3) is 3.47. The third-order valence-electron chi connectivity index (χ3n) is 3.06. The fourth-order valence-corrected chi connectivity index (χ4v) is 2.95. The zero-order chi connectivity index (χ0) is 15.6. The highest BCUT2D eigenvalue weighted by molar-refractivity contribution is 9.10. The highest BCUT2D eigenvalue weighted by Gasteiger charge is 2.24. The van der Waals surface area contributed by atoms with Crippen LogP contribution >= 0.6 is 39.1 Å². The van der Waals surface area contributed by atoms with Crippen molar-refractivity contribution in [2.24, 2.45) is 0 Å². The Morgan fingerprint density at radius 1 is 1.19 bits per heavy atom. The normalized spacial score (nSPS) is 11.8. The summed E-state index contributed by atoms with van der Waals surface area (Å²) in [7, 11) is 0. The van der Waals surface area contributed by atoms with E-state index in [2.05, 4.69) is 15.9 Å². The van der Waals surface area contributed by atoms with Crippen LogP contribution in [0.4, 0.5) is 0 Å². The van der Waals surface area contributed by atoms with E-state index in [1.807, 2.05) is 25.1 Å². The van der Waals surface area contributed by atoms with Crippen LogP contribution in [0, 0.1) is 18.3 Å². The van der Waals surface area contributed by atoms with Gasteiger partial charge in [0.05, 0.1) is 16.1 Å². The molecule has 0 radical (unpaired) electrons. The summed E-state index contributed by atoms with van der Waals surface area (Å²) in [6, 6.07) is 12.2. The van der Waals surface area contributed by atoms with Crippen molar-refractivity contribution in [1.29, 1.82) is 5.26 Å². The van der Waals surface area contributed by atoms with Gasteiger partial charge < -0.3 is 0 Å². The number of carbonyl (C=O) groups is 1. The Labute approximate surface area is 141 Å². The van der Waals surface area contributed by atoms with Crippen molar-refractivity contribution in [3.63, 3.8) is 0 Å². The van der Waals surface area contributed by atoms with Crippen molar-refractivity contribution in [2.75, 3.05) is 0 Å². The number of hydrogen-bond acceptors (Lipinski definition) is 2. The monoisotopic (exact) mass is 381 g/mol. The first-order chi connectivity index (χ1) is 9.93. The van der Waals surface area contributed by atoms with Gasteiger partial charge in [0.2, 0.25) is 0 Å². The van der Waals surface area contributed by atoms with E-state index >= 15 is 0 Å². The quantitative estimate of drug-likeness (QED) is 0.652. The van der Waals surface area contributed by atoms with Crippen molar-refractivity contribution in [2.45, 2.75) is 12.8 Å². The zero-order valence-electron chi connectivity index (χ0n) is 11.0. The van der Waals surface area contributed by atoms with Gasteiger partial charge in [-0.1, -0.05) is 51.3 Å². The maximum Gasteiger partial charge on any atom is 0.185 e. The number of rotatable bonds is 3. The van der Waals surface area contributed by atoms with Crippen molar-refractivity contribution in [1.82, 2.24) is 0 Å². The number of Topliss-reactive ketones (excluding diaryl/α,β-unsaturated/α-hetero) is 1. The number of hydrogen-bond donors (Lipinski definition) is 0. The fraction of sp³-hybridized carbons (Fsp3) is 0.125. The Morgan fingerprint density at radius 2 is 1.90 bits per heavy atom. The van der Waals surface area contributed by atoms with Crippen LogP contribution in [0.5, 0.6) is 0 Å². The predicted molar refractivity (Wildman–Crippen MR) is 88.0 cm³/mol. The minimum Gasteiger partial charge on any atom is -0.292 e. The molecular weight excluding hydrogens is 373 g/mol. The van der Waals surface area contributed by atoms with Crippen LogP contribution in [0.3, 0.4) is 0 Å². The van der Waals surface area contributed by atoms with Gasteiger partial charge in [-0.2, -0.15) is 5.26 Å². The number of halogens is 3. The van der Waals surface area contributed by atoms with E-state index in [1.54, 1.807) is 24.3 Å². The lowest BCUT2D eigenvalue weighted by atomic mass is 9.91. The largest absolute Gasteiger partial charge is 0.292 e. The van der Waals surface area contributed by atoms with E-state index < -0.39 is 5.92 Å². The van der Waals surface area contributed by atoms with Gasteiger partial charge in [-0.15, -0.1) is 0 Å². The molecule has 0 heterocycles. The average molecular weight is 383 g/mol. The van der Waals surface area contributed by atoms with Crippen LogP contribution in [-0.4, -0.2) is 5.78 Å². The van der Waals surface area contributed by atoms with Crippen molar-refractivity contribution in [3.05, 3.63) is 67.6 Å². The van der Waals surface area contributed by atoms with Crippen LogP contribution in [0.25, 0.3) is 0 Å². The Hall–Kier alpha value is -1.34. The molecule has 0 saturated carbocycles. The van der Waals surface area contributed by atoms with Crippen LogP contribution in [0.1, 0.15) is 27.4 Å². The molecule has 0 amide bonds. The minimum atomic E-state index is -0.918. The molecule has 0 fully saturated rings. The molecule has 0 aliphatic carbocycles. The lowest BCUT2D eigenvalue weighted by Gasteiger charge is -2.11. The average Bonchev–Trinajstić information content (AvgIpc) is 2.43. The molecule has 2 nitrogen and oxygen atoms in total. The Morgan fingerprint density at radius 3 is 2.48 bits per heavy atom. The van der Waals surface area contributed by atoms with Crippen molar-refractivity contribution >= 4 is 44.9 Å². The molecule has 5 heteroatoms. The van der Waals surface area contributed by atoms with Crippen LogP contribution in [0.2, 0.25) is 10.0 Å².